The largest absolute Gasteiger partial charge is 0.393 e. The van der Waals surface area contributed by atoms with E-state index in [-0.39, 0.29) is 6.04 Å². The number of hydrogen-bond acceptors (Lipinski definition) is 7. The van der Waals surface area contributed by atoms with Gasteiger partial charge in [0.25, 0.3) is 0 Å². The molecule has 0 aliphatic rings. The third-order valence-corrected chi connectivity index (χ3v) is 3.48. The average Bonchev–Trinajstić information content (AvgIpc) is 2.60. The second kappa shape index (κ2) is 9.68. The number of ether oxygens (including phenoxy) is 1. The van der Waals surface area contributed by atoms with Crippen LogP contribution in [0.3, 0.4) is 0 Å². The van der Waals surface area contributed by atoms with E-state index in [1.165, 1.54) is 0 Å². The first-order valence-corrected chi connectivity index (χ1v) is 8.54. The monoisotopic (exact) mass is 344 g/mol. The van der Waals surface area contributed by atoms with E-state index in [1.54, 1.807) is 7.11 Å². The highest BCUT2D eigenvalue weighted by Gasteiger charge is 2.12. The smallest absolute Gasteiger partial charge is 0.226 e. The van der Waals surface area contributed by atoms with Crippen LogP contribution in [0.5, 0.6) is 0 Å². The standard InChI is InChI=1S/C18H28N6O/c1-13(2)22-17-15(19)16(21-12-14-8-5-4-6-9-14)23-18(24-17)20-10-7-11-25-3/h4-6,8-9,13H,7,10-12,19H2,1-3H3,(H3,20,21,22,23,24). The first-order valence-electron chi connectivity index (χ1n) is 8.54. The molecule has 25 heavy (non-hydrogen) atoms. The summed E-state index contributed by atoms with van der Waals surface area (Å²) < 4.78 is 5.06. The molecule has 0 amide bonds. The Kier molecular flexibility index (Phi) is 7.28. The van der Waals surface area contributed by atoms with Crippen LogP contribution in [0.1, 0.15) is 25.8 Å². The molecule has 0 saturated heterocycles. The highest BCUT2D eigenvalue weighted by atomic mass is 16.5. The number of anilines is 4. The molecule has 0 fully saturated rings. The number of nitrogens with one attached hydrogen (secondary N) is 3. The highest BCUT2D eigenvalue weighted by Crippen LogP contribution is 2.26. The summed E-state index contributed by atoms with van der Waals surface area (Å²) in [6.45, 7) is 6.16. The van der Waals surface area contributed by atoms with E-state index >= 15 is 0 Å². The topological polar surface area (TPSA) is 97.1 Å². The van der Waals surface area contributed by atoms with E-state index in [1.807, 2.05) is 32.0 Å². The predicted octanol–water partition coefficient (Wildman–Crippen LogP) is 2.94. The van der Waals surface area contributed by atoms with Crippen LogP contribution in [0.25, 0.3) is 0 Å². The number of benzene rings is 1. The van der Waals surface area contributed by atoms with Crippen LogP contribution >= 0.6 is 0 Å². The molecule has 136 valence electrons. The first kappa shape index (κ1) is 18.8. The normalized spacial score (nSPS) is 10.7. The molecular weight excluding hydrogens is 316 g/mol. The van der Waals surface area contributed by atoms with Crippen molar-refractivity contribution in [3.05, 3.63) is 35.9 Å². The van der Waals surface area contributed by atoms with Gasteiger partial charge in [-0.1, -0.05) is 30.3 Å². The molecule has 0 aliphatic carbocycles. The fraction of sp³-hybridized carbons (Fsp3) is 0.444. The molecule has 0 spiro atoms. The Bertz CT molecular complexity index is 648. The molecule has 2 aromatic rings. The van der Waals surface area contributed by atoms with Crippen LogP contribution in [0, 0.1) is 0 Å². The maximum absolute atomic E-state index is 6.24. The average molecular weight is 344 g/mol. The number of methoxy groups -OCH3 is 1. The van der Waals surface area contributed by atoms with E-state index in [2.05, 4.69) is 38.1 Å². The lowest BCUT2D eigenvalue weighted by molar-refractivity contribution is 0.197. The quantitative estimate of drug-likeness (QED) is 0.492. The zero-order chi connectivity index (χ0) is 18.1. The van der Waals surface area contributed by atoms with Crippen molar-refractivity contribution in [2.24, 2.45) is 0 Å². The van der Waals surface area contributed by atoms with Gasteiger partial charge in [-0.2, -0.15) is 9.97 Å². The van der Waals surface area contributed by atoms with Crippen LogP contribution in [-0.4, -0.2) is 36.3 Å². The summed E-state index contributed by atoms with van der Waals surface area (Å²) >= 11 is 0. The van der Waals surface area contributed by atoms with Crippen molar-refractivity contribution in [3.8, 4) is 0 Å². The minimum atomic E-state index is 0.223. The number of nitrogens with two attached hydrogens (primary N) is 1. The second-order valence-electron chi connectivity index (χ2n) is 6.07. The summed E-state index contributed by atoms with van der Waals surface area (Å²) in [4.78, 5) is 9.00. The molecule has 0 bridgehead atoms. The van der Waals surface area contributed by atoms with Gasteiger partial charge in [0.15, 0.2) is 11.6 Å². The fourth-order valence-electron chi connectivity index (χ4n) is 2.27. The molecular formula is C18H28N6O. The second-order valence-corrected chi connectivity index (χ2v) is 6.07. The van der Waals surface area contributed by atoms with Crippen molar-refractivity contribution < 1.29 is 4.74 Å². The SMILES string of the molecule is COCCCNc1nc(NCc2ccccc2)c(N)c(NC(C)C)n1. The molecule has 0 atom stereocenters. The van der Waals surface area contributed by atoms with Crippen molar-refractivity contribution in [1.82, 2.24) is 9.97 Å². The Morgan fingerprint density at radius 3 is 2.48 bits per heavy atom. The number of hydrogen-bond donors (Lipinski definition) is 4. The van der Waals surface area contributed by atoms with Gasteiger partial charge in [0.05, 0.1) is 0 Å². The zero-order valence-electron chi connectivity index (χ0n) is 15.2. The number of nitrogens with zero attached hydrogens (tertiary/aromatic N) is 2. The maximum atomic E-state index is 6.24. The molecule has 0 saturated carbocycles. The molecule has 0 aliphatic heterocycles. The van der Waals surface area contributed by atoms with Crippen molar-refractivity contribution >= 4 is 23.3 Å². The molecule has 1 aromatic carbocycles. The summed E-state index contributed by atoms with van der Waals surface area (Å²) in [5.41, 5.74) is 7.92. The van der Waals surface area contributed by atoms with Gasteiger partial charge in [-0.3, -0.25) is 0 Å². The summed E-state index contributed by atoms with van der Waals surface area (Å²) in [6.07, 6.45) is 0.879. The van der Waals surface area contributed by atoms with Crippen molar-refractivity contribution in [2.45, 2.75) is 32.9 Å². The van der Waals surface area contributed by atoms with Gasteiger partial charge in [0, 0.05) is 32.8 Å². The lowest BCUT2D eigenvalue weighted by atomic mass is 10.2. The van der Waals surface area contributed by atoms with Gasteiger partial charge in [0.2, 0.25) is 5.95 Å². The van der Waals surface area contributed by atoms with Crippen LogP contribution in [0.4, 0.5) is 23.3 Å². The molecule has 0 unspecified atom stereocenters. The van der Waals surface area contributed by atoms with Gasteiger partial charge >= 0.3 is 0 Å². The summed E-state index contributed by atoms with van der Waals surface area (Å²) in [7, 11) is 1.69. The lowest BCUT2D eigenvalue weighted by Crippen LogP contribution is -2.17. The molecule has 0 radical (unpaired) electrons. The number of nitrogen functional groups attached to an aromatic ring is 1. The van der Waals surface area contributed by atoms with E-state index in [0.717, 1.165) is 18.5 Å². The van der Waals surface area contributed by atoms with E-state index < -0.39 is 0 Å². The number of rotatable bonds is 10. The third kappa shape index (κ3) is 6.11. The van der Waals surface area contributed by atoms with E-state index in [4.69, 9.17) is 10.5 Å². The van der Waals surface area contributed by atoms with Crippen molar-refractivity contribution in [2.75, 3.05) is 41.9 Å². The molecule has 2 rings (SSSR count). The summed E-state index contributed by atoms with van der Waals surface area (Å²) in [5.74, 6) is 1.80. The van der Waals surface area contributed by atoms with E-state index in [9.17, 15) is 0 Å². The van der Waals surface area contributed by atoms with Gasteiger partial charge in [-0.25, -0.2) is 0 Å². The van der Waals surface area contributed by atoms with Gasteiger partial charge in [-0.15, -0.1) is 0 Å². The lowest BCUT2D eigenvalue weighted by Gasteiger charge is -2.17. The summed E-state index contributed by atoms with van der Waals surface area (Å²) in [5, 5.41) is 9.80. The molecule has 5 N–H and O–H groups in total. The third-order valence-electron chi connectivity index (χ3n) is 3.48. The Labute approximate surface area is 149 Å². The van der Waals surface area contributed by atoms with Gasteiger partial charge < -0.3 is 26.4 Å². The van der Waals surface area contributed by atoms with E-state index in [0.29, 0.717) is 36.4 Å². The van der Waals surface area contributed by atoms with Crippen LogP contribution in [0.2, 0.25) is 0 Å². The minimum Gasteiger partial charge on any atom is -0.393 e. The summed E-state index contributed by atoms with van der Waals surface area (Å²) in [6, 6.07) is 10.3. The first-order chi connectivity index (χ1) is 12.1. The molecule has 7 nitrogen and oxygen atoms in total. The number of aromatic nitrogens is 2. The minimum absolute atomic E-state index is 0.223. The van der Waals surface area contributed by atoms with Crippen LogP contribution in [-0.2, 0) is 11.3 Å². The highest BCUT2D eigenvalue weighted by molar-refractivity contribution is 5.76. The van der Waals surface area contributed by atoms with Crippen LogP contribution < -0.4 is 21.7 Å². The Morgan fingerprint density at radius 2 is 1.80 bits per heavy atom. The van der Waals surface area contributed by atoms with Crippen molar-refractivity contribution in [3.63, 3.8) is 0 Å². The fourth-order valence-corrected chi connectivity index (χ4v) is 2.27. The van der Waals surface area contributed by atoms with Gasteiger partial charge in [0.1, 0.15) is 5.69 Å². The molecule has 1 heterocycles. The van der Waals surface area contributed by atoms with Gasteiger partial charge in [-0.05, 0) is 25.8 Å². The Hall–Kier alpha value is -2.54. The maximum Gasteiger partial charge on any atom is 0.226 e. The Morgan fingerprint density at radius 1 is 1.08 bits per heavy atom. The van der Waals surface area contributed by atoms with Crippen molar-refractivity contribution in [1.29, 1.82) is 0 Å². The van der Waals surface area contributed by atoms with Crippen LogP contribution in [0.15, 0.2) is 30.3 Å². The zero-order valence-corrected chi connectivity index (χ0v) is 15.2. The predicted molar refractivity (Wildman–Crippen MR) is 104 cm³/mol. The molecule has 1 aromatic heterocycles. The Balaban J connectivity index is 2.13. The molecule has 7 heteroatoms.